The van der Waals surface area contributed by atoms with E-state index in [2.05, 4.69) is 0 Å². The zero-order valence-electron chi connectivity index (χ0n) is 9.67. The minimum Gasteiger partial charge on any atom is -0.504 e. The van der Waals surface area contributed by atoms with Gasteiger partial charge in [0.1, 0.15) is 0 Å². The van der Waals surface area contributed by atoms with E-state index in [1.54, 1.807) is 12.2 Å². The highest BCUT2D eigenvalue weighted by atomic mass is 35.5. The molecule has 0 bridgehead atoms. The first-order valence-electron chi connectivity index (χ1n) is 4.96. The summed E-state index contributed by atoms with van der Waals surface area (Å²) in [5.41, 5.74) is 7.59. The van der Waals surface area contributed by atoms with Gasteiger partial charge in [0.25, 0.3) is 0 Å². The van der Waals surface area contributed by atoms with Crippen molar-refractivity contribution in [2.24, 2.45) is 5.73 Å². The normalized spacial score (nSPS) is 11.1. The summed E-state index contributed by atoms with van der Waals surface area (Å²) in [7, 11) is 1.50. The van der Waals surface area contributed by atoms with Crippen molar-refractivity contribution in [2.75, 3.05) is 13.7 Å². The van der Waals surface area contributed by atoms with Crippen molar-refractivity contribution in [1.29, 1.82) is 0 Å². The Bertz CT molecular complexity index is 428. The standard InChI is InChI=1S/C12H16ClNO2/c1-7-9(5-4-6-14)11(15)12(16-3)8(2)10(7)13/h4-5,15H,6,14H2,1-3H3/b5-4+. The molecular weight excluding hydrogens is 226 g/mol. The van der Waals surface area contributed by atoms with Gasteiger partial charge >= 0.3 is 0 Å². The smallest absolute Gasteiger partial charge is 0.165 e. The molecule has 0 saturated carbocycles. The summed E-state index contributed by atoms with van der Waals surface area (Å²) in [4.78, 5) is 0. The first kappa shape index (κ1) is 12.9. The molecular formula is C12H16ClNO2. The van der Waals surface area contributed by atoms with E-state index in [1.165, 1.54) is 7.11 Å². The number of rotatable bonds is 3. The second-order valence-electron chi connectivity index (χ2n) is 3.50. The predicted octanol–water partition coefficient (Wildman–Crippen LogP) is 2.64. The average molecular weight is 242 g/mol. The number of halogens is 1. The molecule has 0 aromatic heterocycles. The first-order chi connectivity index (χ1) is 7.54. The number of methoxy groups -OCH3 is 1. The molecule has 0 aliphatic rings. The number of hydrogen-bond acceptors (Lipinski definition) is 3. The summed E-state index contributed by atoms with van der Waals surface area (Å²) in [6.45, 7) is 4.07. The SMILES string of the molecule is COc1c(C)c(Cl)c(C)c(/C=C/CN)c1O. The molecule has 3 N–H and O–H groups in total. The highest BCUT2D eigenvalue weighted by Gasteiger charge is 2.16. The van der Waals surface area contributed by atoms with Crippen molar-refractivity contribution in [3.63, 3.8) is 0 Å². The number of benzene rings is 1. The molecule has 0 unspecified atom stereocenters. The molecule has 0 aliphatic heterocycles. The molecule has 0 spiro atoms. The van der Waals surface area contributed by atoms with Gasteiger partial charge in [0.05, 0.1) is 12.1 Å². The van der Waals surface area contributed by atoms with Gasteiger partial charge in [0, 0.05) is 17.7 Å². The Hall–Kier alpha value is -1.19. The van der Waals surface area contributed by atoms with Gasteiger partial charge in [-0.25, -0.2) is 0 Å². The van der Waals surface area contributed by atoms with Crippen LogP contribution in [0, 0.1) is 13.8 Å². The quantitative estimate of drug-likeness (QED) is 0.856. The fourth-order valence-electron chi connectivity index (χ4n) is 1.62. The van der Waals surface area contributed by atoms with Gasteiger partial charge in [-0.2, -0.15) is 0 Å². The lowest BCUT2D eigenvalue weighted by Gasteiger charge is -2.14. The van der Waals surface area contributed by atoms with E-state index in [-0.39, 0.29) is 5.75 Å². The van der Waals surface area contributed by atoms with Crippen LogP contribution in [0.3, 0.4) is 0 Å². The predicted molar refractivity (Wildman–Crippen MR) is 67.2 cm³/mol. The van der Waals surface area contributed by atoms with Crippen LogP contribution in [-0.2, 0) is 0 Å². The maximum absolute atomic E-state index is 10.0. The van der Waals surface area contributed by atoms with Crippen molar-refractivity contribution in [3.8, 4) is 11.5 Å². The molecule has 16 heavy (non-hydrogen) atoms. The zero-order valence-corrected chi connectivity index (χ0v) is 10.4. The molecule has 3 nitrogen and oxygen atoms in total. The Morgan fingerprint density at radius 1 is 1.38 bits per heavy atom. The number of aromatic hydroxyl groups is 1. The lowest BCUT2D eigenvalue weighted by Crippen LogP contribution is -1.96. The fraction of sp³-hybridized carbons (Fsp3) is 0.333. The Kier molecular flexibility index (Phi) is 4.21. The summed E-state index contributed by atoms with van der Waals surface area (Å²) in [6.07, 6.45) is 3.51. The highest BCUT2D eigenvalue weighted by molar-refractivity contribution is 6.32. The molecule has 0 amide bonds. The van der Waals surface area contributed by atoms with Crippen LogP contribution in [0.4, 0.5) is 0 Å². The van der Waals surface area contributed by atoms with Crippen LogP contribution in [0.5, 0.6) is 11.5 Å². The van der Waals surface area contributed by atoms with Crippen LogP contribution >= 0.6 is 11.6 Å². The fourth-order valence-corrected chi connectivity index (χ4v) is 1.80. The van der Waals surface area contributed by atoms with Crippen LogP contribution in [0.15, 0.2) is 6.08 Å². The molecule has 4 heteroatoms. The molecule has 0 aliphatic carbocycles. The Labute approximate surface area is 100 Å². The lowest BCUT2D eigenvalue weighted by atomic mass is 10.0. The third kappa shape index (κ3) is 2.15. The minimum atomic E-state index is 0.103. The van der Waals surface area contributed by atoms with Crippen LogP contribution < -0.4 is 10.5 Å². The lowest BCUT2D eigenvalue weighted by molar-refractivity contribution is 0.370. The first-order valence-corrected chi connectivity index (χ1v) is 5.34. The van der Waals surface area contributed by atoms with Gasteiger partial charge < -0.3 is 15.6 Å². The zero-order chi connectivity index (χ0) is 12.3. The molecule has 0 atom stereocenters. The van der Waals surface area contributed by atoms with E-state index in [1.807, 2.05) is 13.8 Å². The summed E-state index contributed by atoms with van der Waals surface area (Å²) in [5.74, 6) is 0.513. The molecule has 1 rings (SSSR count). The van der Waals surface area contributed by atoms with Crippen LogP contribution in [0.1, 0.15) is 16.7 Å². The van der Waals surface area contributed by atoms with E-state index in [0.29, 0.717) is 22.9 Å². The largest absolute Gasteiger partial charge is 0.504 e. The van der Waals surface area contributed by atoms with E-state index >= 15 is 0 Å². The Balaban J connectivity index is 3.49. The van der Waals surface area contributed by atoms with Gasteiger partial charge in [-0.1, -0.05) is 23.8 Å². The molecule has 0 fully saturated rings. The molecule has 0 saturated heterocycles. The number of ether oxygens (including phenoxy) is 1. The summed E-state index contributed by atoms with van der Waals surface area (Å²) >= 11 is 6.16. The van der Waals surface area contributed by atoms with Crippen molar-refractivity contribution in [3.05, 3.63) is 27.8 Å². The Morgan fingerprint density at radius 3 is 2.50 bits per heavy atom. The van der Waals surface area contributed by atoms with Crippen molar-refractivity contribution in [1.82, 2.24) is 0 Å². The maximum Gasteiger partial charge on any atom is 0.165 e. The Morgan fingerprint density at radius 2 is 2.00 bits per heavy atom. The number of hydrogen-bond donors (Lipinski definition) is 2. The van der Waals surface area contributed by atoms with E-state index in [4.69, 9.17) is 22.1 Å². The molecule has 0 radical (unpaired) electrons. The molecule has 1 aromatic rings. The minimum absolute atomic E-state index is 0.103. The monoisotopic (exact) mass is 241 g/mol. The molecule has 88 valence electrons. The van der Waals surface area contributed by atoms with Crippen LogP contribution in [0.25, 0.3) is 6.08 Å². The van der Waals surface area contributed by atoms with Gasteiger partial charge in [0.15, 0.2) is 11.5 Å². The third-order valence-electron chi connectivity index (χ3n) is 2.50. The second-order valence-corrected chi connectivity index (χ2v) is 3.88. The van der Waals surface area contributed by atoms with Gasteiger partial charge in [-0.3, -0.25) is 0 Å². The topological polar surface area (TPSA) is 55.5 Å². The number of phenols is 1. The highest BCUT2D eigenvalue weighted by Crippen LogP contribution is 2.41. The summed E-state index contributed by atoms with van der Waals surface area (Å²) < 4.78 is 5.13. The third-order valence-corrected chi connectivity index (χ3v) is 3.06. The number of phenolic OH excluding ortho intramolecular Hbond substituents is 1. The van der Waals surface area contributed by atoms with Crippen LogP contribution in [0.2, 0.25) is 5.02 Å². The van der Waals surface area contributed by atoms with Crippen molar-refractivity contribution in [2.45, 2.75) is 13.8 Å². The summed E-state index contributed by atoms with van der Waals surface area (Å²) in [6, 6.07) is 0. The molecule has 0 heterocycles. The van der Waals surface area contributed by atoms with Crippen molar-refractivity contribution < 1.29 is 9.84 Å². The van der Waals surface area contributed by atoms with Gasteiger partial charge in [-0.05, 0) is 19.4 Å². The maximum atomic E-state index is 10.0. The van der Waals surface area contributed by atoms with Crippen molar-refractivity contribution >= 4 is 17.7 Å². The molecule has 1 aromatic carbocycles. The van der Waals surface area contributed by atoms with E-state index < -0.39 is 0 Å². The van der Waals surface area contributed by atoms with E-state index in [9.17, 15) is 5.11 Å². The number of nitrogens with two attached hydrogens (primary N) is 1. The summed E-state index contributed by atoms with van der Waals surface area (Å²) in [5, 5.41) is 10.6. The van der Waals surface area contributed by atoms with Gasteiger partial charge in [0.2, 0.25) is 0 Å². The van der Waals surface area contributed by atoms with Gasteiger partial charge in [-0.15, -0.1) is 0 Å². The van der Waals surface area contributed by atoms with E-state index in [0.717, 1.165) is 11.1 Å². The second kappa shape index (κ2) is 5.23. The average Bonchev–Trinajstić information content (AvgIpc) is 2.27. The van der Waals surface area contributed by atoms with Crippen LogP contribution in [-0.4, -0.2) is 18.8 Å².